The molecule has 0 aliphatic heterocycles. The molecular weight excluding hydrogens is 235 g/mol. The predicted octanol–water partition coefficient (Wildman–Crippen LogP) is 2.98. The standard InChI is InChI=1S/C16H15BO2/c1-18-17(19-2)16-14-9-5-3-7-12(14)11-13-8-4-6-10-15(13)16/h3-11H,1-2H3. The molecule has 0 amide bonds. The van der Waals surface area contributed by atoms with Crippen LogP contribution in [0.15, 0.2) is 54.6 Å². The Morgan fingerprint density at radius 1 is 0.737 bits per heavy atom. The average Bonchev–Trinajstić information content (AvgIpc) is 2.47. The monoisotopic (exact) mass is 250 g/mol. The second kappa shape index (κ2) is 5.04. The Morgan fingerprint density at radius 2 is 1.21 bits per heavy atom. The van der Waals surface area contributed by atoms with Crippen molar-refractivity contribution in [3.63, 3.8) is 0 Å². The molecule has 0 radical (unpaired) electrons. The molecule has 0 atom stereocenters. The van der Waals surface area contributed by atoms with Gasteiger partial charge in [0.1, 0.15) is 0 Å². The highest BCUT2D eigenvalue weighted by Crippen LogP contribution is 2.21. The molecule has 0 unspecified atom stereocenters. The maximum atomic E-state index is 5.48. The van der Waals surface area contributed by atoms with E-state index in [0.29, 0.717) is 0 Å². The van der Waals surface area contributed by atoms with Gasteiger partial charge in [-0.15, -0.1) is 0 Å². The first kappa shape index (κ1) is 12.2. The van der Waals surface area contributed by atoms with Crippen molar-refractivity contribution in [2.75, 3.05) is 14.2 Å². The summed E-state index contributed by atoms with van der Waals surface area (Å²) in [6.07, 6.45) is 0. The molecule has 0 spiro atoms. The Labute approximate surface area is 113 Å². The van der Waals surface area contributed by atoms with Crippen LogP contribution in [0.1, 0.15) is 0 Å². The molecule has 3 aromatic rings. The molecule has 0 aromatic heterocycles. The minimum atomic E-state index is -0.351. The van der Waals surface area contributed by atoms with Crippen molar-refractivity contribution < 1.29 is 9.31 Å². The van der Waals surface area contributed by atoms with Gasteiger partial charge in [0.25, 0.3) is 0 Å². The van der Waals surface area contributed by atoms with E-state index in [0.717, 1.165) is 5.46 Å². The molecule has 0 saturated carbocycles. The lowest BCUT2D eigenvalue weighted by Gasteiger charge is -2.15. The summed E-state index contributed by atoms with van der Waals surface area (Å²) in [5.41, 5.74) is 1.10. The SMILES string of the molecule is COB(OC)c1c2ccccc2cc2ccccc12. The molecule has 19 heavy (non-hydrogen) atoms. The van der Waals surface area contributed by atoms with Crippen LogP contribution in [0.2, 0.25) is 0 Å². The summed E-state index contributed by atoms with van der Waals surface area (Å²) < 4.78 is 11.0. The number of hydrogen-bond donors (Lipinski definition) is 0. The summed E-state index contributed by atoms with van der Waals surface area (Å²) in [5.74, 6) is 0. The first-order valence-corrected chi connectivity index (χ1v) is 6.31. The van der Waals surface area contributed by atoms with E-state index in [9.17, 15) is 0 Å². The minimum Gasteiger partial charge on any atom is -0.410 e. The van der Waals surface area contributed by atoms with Crippen molar-refractivity contribution in [2.45, 2.75) is 0 Å². The molecule has 2 nitrogen and oxygen atoms in total. The van der Waals surface area contributed by atoms with Gasteiger partial charge in [0.15, 0.2) is 0 Å². The largest absolute Gasteiger partial charge is 0.494 e. The fourth-order valence-electron chi connectivity index (χ4n) is 2.63. The third-order valence-electron chi connectivity index (χ3n) is 3.48. The topological polar surface area (TPSA) is 18.5 Å². The summed E-state index contributed by atoms with van der Waals surface area (Å²) in [7, 11) is 2.99. The molecule has 0 aliphatic rings. The number of hydrogen-bond acceptors (Lipinski definition) is 2. The Balaban J connectivity index is 2.45. The quantitative estimate of drug-likeness (QED) is 0.525. The van der Waals surface area contributed by atoms with Crippen LogP contribution in [0.5, 0.6) is 0 Å². The number of fused-ring (bicyclic) bond motifs is 2. The molecule has 0 heterocycles. The van der Waals surface area contributed by atoms with Crippen LogP contribution in [0.25, 0.3) is 21.5 Å². The van der Waals surface area contributed by atoms with Crippen LogP contribution in [0.3, 0.4) is 0 Å². The van der Waals surface area contributed by atoms with E-state index >= 15 is 0 Å². The Hall–Kier alpha value is -1.84. The van der Waals surface area contributed by atoms with Crippen molar-refractivity contribution in [2.24, 2.45) is 0 Å². The smallest absolute Gasteiger partial charge is 0.410 e. The van der Waals surface area contributed by atoms with E-state index < -0.39 is 0 Å². The molecule has 94 valence electrons. The normalized spacial score (nSPS) is 11.1. The van der Waals surface area contributed by atoms with Crippen LogP contribution in [0.4, 0.5) is 0 Å². The summed E-state index contributed by atoms with van der Waals surface area (Å²) in [6.45, 7) is 0. The Bertz CT molecular complexity index is 666. The van der Waals surface area contributed by atoms with Gasteiger partial charge in [0.2, 0.25) is 0 Å². The lowest BCUT2D eigenvalue weighted by Crippen LogP contribution is -2.36. The third kappa shape index (κ3) is 2.01. The van der Waals surface area contributed by atoms with Crippen molar-refractivity contribution in [1.29, 1.82) is 0 Å². The van der Waals surface area contributed by atoms with Crippen molar-refractivity contribution in [1.82, 2.24) is 0 Å². The summed E-state index contributed by atoms with van der Waals surface area (Å²) in [6, 6.07) is 18.9. The first-order chi connectivity index (χ1) is 9.35. The van der Waals surface area contributed by atoms with E-state index in [1.807, 2.05) is 12.1 Å². The number of rotatable bonds is 3. The zero-order chi connectivity index (χ0) is 13.2. The zero-order valence-electron chi connectivity index (χ0n) is 11.1. The van der Waals surface area contributed by atoms with Gasteiger partial charge in [-0.1, -0.05) is 48.5 Å². The minimum absolute atomic E-state index is 0.351. The van der Waals surface area contributed by atoms with Crippen molar-refractivity contribution in [3.05, 3.63) is 54.6 Å². The van der Waals surface area contributed by atoms with Crippen LogP contribution < -0.4 is 5.46 Å². The highest BCUT2D eigenvalue weighted by Gasteiger charge is 2.23. The van der Waals surface area contributed by atoms with Gasteiger partial charge in [-0.2, -0.15) is 0 Å². The fourth-order valence-corrected chi connectivity index (χ4v) is 2.63. The highest BCUT2D eigenvalue weighted by atomic mass is 16.6. The summed E-state index contributed by atoms with van der Waals surface area (Å²) in [5, 5.41) is 4.76. The van der Waals surface area contributed by atoms with Gasteiger partial charge in [0, 0.05) is 14.2 Å². The van der Waals surface area contributed by atoms with Gasteiger partial charge < -0.3 is 9.31 Å². The molecule has 3 heteroatoms. The third-order valence-corrected chi connectivity index (χ3v) is 3.48. The molecule has 0 aliphatic carbocycles. The fraction of sp³-hybridized carbons (Fsp3) is 0.125. The van der Waals surface area contributed by atoms with E-state index in [1.165, 1.54) is 21.5 Å². The molecule has 0 N–H and O–H groups in total. The lowest BCUT2D eigenvalue weighted by molar-refractivity contribution is 0.292. The number of benzene rings is 3. The van der Waals surface area contributed by atoms with Crippen molar-refractivity contribution in [3.8, 4) is 0 Å². The highest BCUT2D eigenvalue weighted by molar-refractivity contribution is 6.67. The van der Waals surface area contributed by atoms with Gasteiger partial charge in [0.05, 0.1) is 0 Å². The Morgan fingerprint density at radius 3 is 1.68 bits per heavy atom. The molecule has 3 aromatic carbocycles. The van der Waals surface area contributed by atoms with Crippen LogP contribution in [-0.2, 0) is 9.31 Å². The summed E-state index contributed by atoms with van der Waals surface area (Å²) in [4.78, 5) is 0. The molecule has 0 bridgehead atoms. The maximum absolute atomic E-state index is 5.48. The van der Waals surface area contributed by atoms with Crippen molar-refractivity contribution >= 4 is 34.1 Å². The second-order valence-corrected chi connectivity index (χ2v) is 4.54. The van der Waals surface area contributed by atoms with Crippen LogP contribution in [-0.4, -0.2) is 21.3 Å². The van der Waals surface area contributed by atoms with E-state index in [2.05, 4.69) is 42.5 Å². The van der Waals surface area contributed by atoms with E-state index in [1.54, 1.807) is 14.2 Å². The van der Waals surface area contributed by atoms with Gasteiger partial charge in [-0.3, -0.25) is 0 Å². The molecular formula is C16H15BO2. The zero-order valence-corrected chi connectivity index (χ0v) is 11.1. The molecule has 3 rings (SSSR count). The predicted molar refractivity (Wildman–Crippen MR) is 80.9 cm³/mol. The van der Waals surface area contributed by atoms with E-state index in [-0.39, 0.29) is 7.12 Å². The van der Waals surface area contributed by atoms with Gasteiger partial charge in [-0.05, 0) is 33.1 Å². The molecule has 0 fully saturated rings. The maximum Gasteiger partial charge on any atom is 0.494 e. The lowest BCUT2D eigenvalue weighted by atomic mass is 9.73. The summed E-state index contributed by atoms with van der Waals surface area (Å²) >= 11 is 0. The van der Waals surface area contributed by atoms with E-state index in [4.69, 9.17) is 9.31 Å². The van der Waals surface area contributed by atoms with Gasteiger partial charge >= 0.3 is 7.12 Å². The van der Waals surface area contributed by atoms with Crippen LogP contribution >= 0.6 is 0 Å². The first-order valence-electron chi connectivity index (χ1n) is 6.31. The average molecular weight is 250 g/mol. The van der Waals surface area contributed by atoms with Crippen LogP contribution in [0, 0.1) is 0 Å². The Kier molecular flexibility index (Phi) is 3.24. The molecule has 0 saturated heterocycles. The second-order valence-electron chi connectivity index (χ2n) is 4.54. The van der Waals surface area contributed by atoms with Gasteiger partial charge in [-0.25, -0.2) is 0 Å².